The molecule has 0 saturated heterocycles. The van der Waals surface area contributed by atoms with Crippen LogP contribution in [0.5, 0.6) is 0 Å². The minimum absolute atomic E-state index is 0.101. The van der Waals surface area contributed by atoms with Gasteiger partial charge in [0.1, 0.15) is 6.54 Å². The van der Waals surface area contributed by atoms with Crippen LogP contribution in [0.15, 0.2) is 18.5 Å². The fourth-order valence-electron chi connectivity index (χ4n) is 2.94. The molecule has 1 heterocycles. The zero-order valence-electron chi connectivity index (χ0n) is 13.6. The number of hydrogen-bond donors (Lipinski definition) is 2. The Hall–Kier alpha value is -1.29. The van der Waals surface area contributed by atoms with Crippen molar-refractivity contribution in [2.24, 2.45) is 5.92 Å². The maximum Gasteiger partial charge on any atom is 0.240 e. The molecule has 4 nitrogen and oxygen atoms in total. The lowest BCUT2D eigenvalue weighted by Gasteiger charge is -2.16. The van der Waals surface area contributed by atoms with Crippen molar-refractivity contribution in [1.29, 1.82) is 0 Å². The van der Waals surface area contributed by atoms with E-state index in [1.807, 2.05) is 10.8 Å². The molecule has 2 atom stereocenters. The maximum absolute atomic E-state index is 12.0. The number of hydrogen-bond acceptors (Lipinski definition) is 2. The van der Waals surface area contributed by atoms with E-state index in [0.29, 0.717) is 12.6 Å². The second kappa shape index (κ2) is 7.64. The summed E-state index contributed by atoms with van der Waals surface area (Å²) in [4.78, 5) is 12.0. The maximum atomic E-state index is 12.0. The predicted octanol–water partition coefficient (Wildman–Crippen LogP) is 2.85. The van der Waals surface area contributed by atoms with Crippen molar-refractivity contribution in [3.63, 3.8) is 0 Å². The summed E-state index contributed by atoms with van der Waals surface area (Å²) in [7, 11) is 0. The zero-order valence-corrected chi connectivity index (χ0v) is 13.6. The Morgan fingerprint density at radius 3 is 2.81 bits per heavy atom. The minimum atomic E-state index is 0.101. The number of nitrogens with one attached hydrogen (secondary N) is 2. The molecule has 1 saturated carbocycles. The largest absolute Gasteiger partial charge is 0.352 e. The summed E-state index contributed by atoms with van der Waals surface area (Å²) in [6.07, 6.45) is 8.91. The van der Waals surface area contributed by atoms with Crippen molar-refractivity contribution in [3.05, 3.63) is 24.0 Å². The molecule has 2 N–H and O–H groups in total. The molecule has 0 aliphatic heterocycles. The molecular weight excluding hydrogens is 262 g/mol. The van der Waals surface area contributed by atoms with Crippen LogP contribution in [0.3, 0.4) is 0 Å². The van der Waals surface area contributed by atoms with Crippen LogP contribution in [0.25, 0.3) is 0 Å². The number of carbonyl (C=O) groups excluding carboxylic acids is 1. The van der Waals surface area contributed by atoms with Crippen LogP contribution in [-0.4, -0.2) is 23.1 Å². The van der Waals surface area contributed by atoms with E-state index < -0.39 is 0 Å². The highest BCUT2D eigenvalue weighted by molar-refractivity contribution is 5.76. The van der Waals surface area contributed by atoms with E-state index in [1.165, 1.54) is 18.4 Å². The molecule has 1 fully saturated rings. The van der Waals surface area contributed by atoms with Gasteiger partial charge < -0.3 is 15.2 Å². The summed E-state index contributed by atoms with van der Waals surface area (Å²) in [5.74, 6) is 0.878. The Morgan fingerprint density at radius 1 is 1.43 bits per heavy atom. The van der Waals surface area contributed by atoms with Crippen LogP contribution in [0.2, 0.25) is 0 Å². The minimum Gasteiger partial charge on any atom is -0.352 e. The van der Waals surface area contributed by atoms with Gasteiger partial charge in [-0.05, 0) is 50.3 Å². The summed E-state index contributed by atoms with van der Waals surface area (Å²) < 4.78 is 2.00. The normalized spacial score (nSPS) is 17.5. The lowest BCUT2D eigenvalue weighted by Crippen LogP contribution is -2.34. The average molecular weight is 291 g/mol. The van der Waals surface area contributed by atoms with Crippen molar-refractivity contribution < 1.29 is 4.79 Å². The fourth-order valence-corrected chi connectivity index (χ4v) is 2.94. The molecule has 2 rings (SSSR count). The summed E-state index contributed by atoms with van der Waals surface area (Å²) in [5, 5.41) is 6.62. The fraction of sp³-hybridized carbons (Fsp3) is 0.706. The molecule has 2 unspecified atom stereocenters. The van der Waals surface area contributed by atoms with Crippen molar-refractivity contribution in [2.45, 2.75) is 65.1 Å². The van der Waals surface area contributed by atoms with Crippen molar-refractivity contribution >= 4 is 5.91 Å². The lowest BCUT2D eigenvalue weighted by molar-refractivity contribution is -0.122. The Morgan fingerprint density at radius 2 is 2.19 bits per heavy atom. The summed E-state index contributed by atoms with van der Waals surface area (Å²) in [5.41, 5.74) is 1.31. The van der Waals surface area contributed by atoms with Gasteiger partial charge in [-0.3, -0.25) is 4.79 Å². The molecule has 1 aliphatic carbocycles. The highest BCUT2D eigenvalue weighted by atomic mass is 16.2. The van der Waals surface area contributed by atoms with Gasteiger partial charge in [0.15, 0.2) is 0 Å². The van der Waals surface area contributed by atoms with Crippen LogP contribution >= 0.6 is 0 Å². The second-order valence-electron chi connectivity index (χ2n) is 6.25. The average Bonchev–Trinajstić information content (AvgIpc) is 3.16. The molecule has 1 aliphatic rings. The van der Waals surface area contributed by atoms with Gasteiger partial charge >= 0.3 is 0 Å². The first-order valence-corrected chi connectivity index (χ1v) is 8.32. The number of nitrogens with zero attached hydrogens (tertiary/aromatic N) is 1. The van der Waals surface area contributed by atoms with Gasteiger partial charge in [0.25, 0.3) is 0 Å². The Bertz CT molecular complexity index is 451. The first-order chi connectivity index (χ1) is 10.1. The smallest absolute Gasteiger partial charge is 0.240 e. The molecule has 1 aromatic heterocycles. The summed E-state index contributed by atoms with van der Waals surface area (Å²) in [6, 6.07) is 2.87. The van der Waals surface area contributed by atoms with E-state index in [9.17, 15) is 4.79 Å². The molecule has 118 valence electrons. The standard InChI is InChI=1S/C17H29N3O/c1-4-6-13(3)19-16(21)12-20-10-9-15(11-20)17(18-5-2)14-7-8-14/h9-11,13-14,17-18H,4-8,12H2,1-3H3,(H,19,21). The molecule has 0 bridgehead atoms. The van der Waals surface area contributed by atoms with E-state index in [4.69, 9.17) is 0 Å². The number of amides is 1. The van der Waals surface area contributed by atoms with Gasteiger partial charge in [0.05, 0.1) is 0 Å². The van der Waals surface area contributed by atoms with E-state index in [0.717, 1.165) is 25.3 Å². The van der Waals surface area contributed by atoms with E-state index >= 15 is 0 Å². The predicted molar refractivity (Wildman–Crippen MR) is 86.1 cm³/mol. The van der Waals surface area contributed by atoms with Gasteiger partial charge in [-0.25, -0.2) is 0 Å². The summed E-state index contributed by atoms with van der Waals surface area (Å²) in [6.45, 7) is 7.75. The van der Waals surface area contributed by atoms with E-state index in [1.54, 1.807) is 0 Å². The molecule has 21 heavy (non-hydrogen) atoms. The monoisotopic (exact) mass is 291 g/mol. The third-order valence-corrected chi connectivity index (χ3v) is 4.11. The molecular formula is C17H29N3O. The lowest BCUT2D eigenvalue weighted by atomic mass is 10.1. The van der Waals surface area contributed by atoms with Gasteiger partial charge in [-0.2, -0.15) is 0 Å². The van der Waals surface area contributed by atoms with Gasteiger partial charge in [0, 0.05) is 24.5 Å². The Labute approximate surface area is 128 Å². The van der Waals surface area contributed by atoms with E-state index in [2.05, 4.69) is 43.7 Å². The first-order valence-electron chi connectivity index (χ1n) is 8.32. The van der Waals surface area contributed by atoms with Crippen molar-refractivity contribution in [2.75, 3.05) is 6.54 Å². The molecule has 1 aromatic rings. The van der Waals surface area contributed by atoms with Gasteiger partial charge in [-0.15, -0.1) is 0 Å². The third kappa shape index (κ3) is 4.88. The molecule has 0 aromatic carbocycles. The van der Waals surface area contributed by atoms with Crippen LogP contribution in [0, 0.1) is 5.92 Å². The van der Waals surface area contributed by atoms with Crippen LogP contribution in [-0.2, 0) is 11.3 Å². The van der Waals surface area contributed by atoms with Crippen LogP contribution < -0.4 is 10.6 Å². The Kier molecular flexibility index (Phi) is 5.85. The highest BCUT2D eigenvalue weighted by Gasteiger charge is 2.32. The van der Waals surface area contributed by atoms with Crippen LogP contribution in [0.1, 0.15) is 58.1 Å². The zero-order chi connectivity index (χ0) is 15.2. The Balaban J connectivity index is 1.88. The second-order valence-corrected chi connectivity index (χ2v) is 6.25. The number of rotatable bonds is 9. The molecule has 1 amide bonds. The first kappa shape index (κ1) is 16.1. The van der Waals surface area contributed by atoms with Crippen molar-refractivity contribution in [1.82, 2.24) is 15.2 Å². The van der Waals surface area contributed by atoms with Crippen LogP contribution in [0.4, 0.5) is 0 Å². The molecule has 0 radical (unpaired) electrons. The SMILES string of the molecule is CCCC(C)NC(=O)Cn1ccc(C(NCC)C2CC2)c1. The van der Waals surface area contributed by atoms with Crippen molar-refractivity contribution in [3.8, 4) is 0 Å². The summed E-state index contributed by atoms with van der Waals surface area (Å²) >= 11 is 0. The molecule has 4 heteroatoms. The van der Waals surface area contributed by atoms with Gasteiger partial charge in [0.2, 0.25) is 5.91 Å². The van der Waals surface area contributed by atoms with Gasteiger partial charge in [-0.1, -0.05) is 20.3 Å². The highest BCUT2D eigenvalue weighted by Crippen LogP contribution is 2.40. The molecule has 0 spiro atoms. The number of carbonyl (C=O) groups is 1. The number of aromatic nitrogens is 1. The topological polar surface area (TPSA) is 46.1 Å². The van der Waals surface area contributed by atoms with E-state index in [-0.39, 0.29) is 11.9 Å². The quantitative estimate of drug-likeness (QED) is 0.735. The third-order valence-electron chi connectivity index (χ3n) is 4.11.